The number of amides is 2. The Kier molecular flexibility index (Phi) is 8.99. The van der Waals surface area contributed by atoms with Crippen LogP contribution in [0.2, 0.25) is 0 Å². The Balaban J connectivity index is 1.49. The summed E-state index contributed by atoms with van der Waals surface area (Å²) in [5.41, 5.74) is 0. The van der Waals surface area contributed by atoms with Gasteiger partial charge in [-0.25, -0.2) is 4.79 Å². The molecule has 0 spiro atoms. The number of hydrogen-bond donors (Lipinski definition) is 2. The molecule has 0 aromatic heterocycles. The third-order valence-electron chi connectivity index (χ3n) is 4.62. The molecule has 0 aliphatic carbocycles. The molecule has 144 valence electrons. The number of nitrogens with one attached hydrogen (secondary N) is 2. The molecule has 2 amide bonds. The second-order valence-electron chi connectivity index (χ2n) is 6.48. The van der Waals surface area contributed by atoms with Crippen LogP contribution >= 0.6 is 0 Å². The Morgan fingerprint density at radius 3 is 2.52 bits per heavy atom. The monoisotopic (exact) mass is 356 g/mol. The highest BCUT2D eigenvalue weighted by molar-refractivity contribution is 5.76. The molecule has 0 aromatic rings. The first-order valence-electron chi connectivity index (χ1n) is 9.41. The fourth-order valence-corrected chi connectivity index (χ4v) is 3.11. The van der Waals surface area contributed by atoms with E-state index in [9.17, 15) is 9.59 Å². The van der Waals surface area contributed by atoms with Crippen LogP contribution in [-0.4, -0.2) is 93.5 Å². The summed E-state index contributed by atoms with van der Waals surface area (Å²) in [5, 5.41) is 6.39. The summed E-state index contributed by atoms with van der Waals surface area (Å²) in [5.74, 6) is 0.0773. The van der Waals surface area contributed by atoms with Crippen molar-refractivity contribution < 1.29 is 19.1 Å². The molecule has 0 aromatic carbocycles. The van der Waals surface area contributed by atoms with Crippen molar-refractivity contribution in [3.8, 4) is 0 Å². The molecule has 8 nitrogen and oxygen atoms in total. The standard InChI is InChI=1S/C17H32N4O4/c1-2-25-17(23)21-8-4-15(5-9-21)19-16(22)3-6-18-7-10-20-11-13-24-14-12-20/h15,18H,2-14H2,1H3,(H,19,22). The second kappa shape index (κ2) is 11.3. The average molecular weight is 356 g/mol. The number of carbonyl (C=O) groups excluding carboxylic acids is 2. The predicted molar refractivity (Wildman–Crippen MR) is 94.5 cm³/mol. The average Bonchev–Trinajstić information content (AvgIpc) is 2.63. The van der Waals surface area contributed by atoms with Crippen LogP contribution in [0.3, 0.4) is 0 Å². The fraction of sp³-hybridized carbons (Fsp3) is 0.882. The molecule has 2 N–H and O–H groups in total. The molecule has 8 heteroatoms. The maximum atomic E-state index is 12.0. The summed E-state index contributed by atoms with van der Waals surface area (Å²) in [6.07, 6.45) is 1.81. The van der Waals surface area contributed by atoms with Gasteiger partial charge in [0, 0.05) is 58.3 Å². The molecule has 2 rings (SSSR count). The van der Waals surface area contributed by atoms with E-state index in [4.69, 9.17) is 9.47 Å². The molecule has 0 saturated carbocycles. The van der Waals surface area contributed by atoms with E-state index in [1.54, 1.807) is 11.8 Å². The molecular formula is C17H32N4O4. The topological polar surface area (TPSA) is 83.1 Å². The van der Waals surface area contributed by atoms with Crippen molar-refractivity contribution in [1.29, 1.82) is 0 Å². The molecule has 0 atom stereocenters. The SMILES string of the molecule is CCOC(=O)N1CCC(NC(=O)CCNCCN2CCOCC2)CC1. The Hall–Kier alpha value is -1.38. The molecule has 2 saturated heterocycles. The number of ether oxygens (including phenoxy) is 2. The van der Waals surface area contributed by atoms with Gasteiger partial charge in [0.1, 0.15) is 0 Å². The third-order valence-corrected chi connectivity index (χ3v) is 4.62. The van der Waals surface area contributed by atoms with Crippen molar-refractivity contribution >= 4 is 12.0 Å². The van der Waals surface area contributed by atoms with Gasteiger partial charge in [-0.15, -0.1) is 0 Å². The molecule has 2 heterocycles. The zero-order valence-corrected chi connectivity index (χ0v) is 15.3. The maximum Gasteiger partial charge on any atom is 0.409 e. The zero-order valence-electron chi connectivity index (χ0n) is 15.3. The first-order valence-corrected chi connectivity index (χ1v) is 9.41. The van der Waals surface area contributed by atoms with Crippen LogP contribution in [0, 0.1) is 0 Å². The molecule has 2 fully saturated rings. The Labute approximate surface area is 150 Å². The lowest BCUT2D eigenvalue weighted by Gasteiger charge is -2.31. The smallest absolute Gasteiger partial charge is 0.409 e. The summed E-state index contributed by atoms with van der Waals surface area (Å²) >= 11 is 0. The largest absolute Gasteiger partial charge is 0.450 e. The van der Waals surface area contributed by atoms with Gasteiger partial charge in [-0.3, -0.25) is 9.69 Å². The van der Waals surface area contributed by atoms with Gasteiger partial charge >= 0.3 is 6.09 Å². The highest BCUT2D eigenvalue weighted by Gasteiger charge is 2.24. The van der Waals surface area contributed by atoms with Gasteiger partial charge < -0.3 is 25.0 Å². The van der Waals surface area contributed by atoms with Crippen LogP contribution in [0.25, 0.3) is 0 Å². The van der Waals surface area contributed by atoms with E-state index in [1.165, 1.54) is 0 Å². The number of hydrogen-bond acceptors (Lipinski definition) is 6. The predicted octanol–water partition coefficient (Wildman–Crippen LogP) is 0.0354. The van der Waals surface area contributed by atoms with E-state index >= 15 is 0 Å². The van der Waals surface area contributed by atoms with E-state index in [1.807, 2.05) is 0 Å². The summed E-state index contributed by atoms with van der Waals surface area (Å²) in [6, 6.07) is 0.159. The minimum absolute atomic E-state index is 0.0773. The number of nitrogens with zero attached hydrogens (tertiary/aromatic N) is 2. The summed E-state index contributed by atoms with van der Waals surface area (Å²) in [7, 11) is 0. The Bertz CT molecular complexity index is 407. The van der Waals surface area contributed by atoms with Crippen LogP contribution in [-0.2, 0) is 14.3 Å². The third kappa shape index (κ3) is 7.58. The molecule has 2 aliphatic rings. The summed E-state index contributed by atoms with van der Waals surface area (Å²) < 4.78 is 10.3. The van der Waals surface area contributed by atoms with E-state index in [0.29, 0.717) is 32.7 Å². The first kappa shape index (κ1) is 19.9. The van der Waals surface area contributed by atoms with Crippen LogP contribution in [0.15, 0.2) is 0 Å². The quantitative estimate of drug-likeness (QED) is 0.598. The van der Waals surface area contributed by atoms with Gasteiger partial charge in [0.2, 0.25) is 5.91 Å². The van der Waals surface area contributed by atoms with Crippen LogP contribution < -0.4 is 10.6 Å². The molecule has 0 radical (unpaired) electrons. The number of morpholine rings is 1. The highest BCUT2D eigenvalue weighted by Crippen LogP contribution is 2.11. The van der Waals surface area contributed by atoms with Crippen molar-refractivity contribution in [2.75, 3.05) is 65.6 Å². The van der Waals surface area contributed by atoms with Gasteiger partial charge in [0.25, 0.3) is 0 Å². The Morgan fingerprint density at radius 2 is 1.84 bits per heavy atom. The van der Waals surface area contributed by atoms with Gasteiger partial charge in [-0.1, -0.05) is 0 Å². The van der Waals surface area contributed by atoms with Gasteiger partial charge in [0.15, 0.2) is 0 Å². The molecular weight excluding hydrogens is 324 g/mol. The summed E-state index contributed by atoms with van der Waals surface area (Å²) in [6.45, 7) is 9.69. The van der Waals surface area contributed by atoms with Gasteiger partial charge in [0.05, 0.1) is 19.8 Å². The van der Waals surface area contributed by atoms with Crippen LogP contribution in [0.5, 0.6) is 0 Å². The summed E-state index contributed by atoms with van der Waals surface area (Å²) in [4.78, 5) is 27.7. The van der Waals surface area contributed by atoms with Gasteiger partial charge in [-0.05, 0) is 19.8 Å². The normalized spacial score (nSPS) is 19.6. The van der Waals surface area contributed by atoms with Crippen molar-refractivity contribution in [2.24, 2.45) is 0 Å². The van der Waals surface area contributed by atoms with Crippen molar-refractivity contribution in [3.05, 3.63) is 0 Å². The number of likely N-dealkylation sites (tertiary alicyclic amines) is 1. The lowest BCUT2D eigenvalue weighted by atomic mass is 10.1. The van der Waals surface area contributed by atoms with E-state index in [2.05, 4.69) is 15.5 Å². The van der Waals surface area contributed by atoms with Crippen molar-refractivity contribution in [3.63, 3.8) is 0 Å². The van der Waals surface area contributed by atoms with Crippen LogP contribution in [0.1, 0.15) is 26.2 Å². The minimum Gasteiger partial charge on any atom is -0.450 e. The Morgan fingerprint density at radius 1 is 1.12 bits per heavy atom. The molecule has 0 unspecified atom stereocenters. The van der Waals surface area contributed by atoms with E-state index in [-0.39, 0.29) is 18.0 Å². The zero-order chi connectivity index (χ0) is 17.9. The second-order valence-corrected chi connectivity index (χ2v) is 6.48. The fourth-order valence-electron chi connectivity index (χ4n) is 3.11. The lowest BCUT2D eigenvalue weighted by Crippen LogP contribution is -2.47. The maximum absolute atomic E-state index is 12.0. The minimum atomic E-state index is -0.253. The number of carbonyl (C=O) groups is 2. The van der Waals surface area contributed by atoms with Gasteiger partial charge in [-0.2, -0.15) is 0 Å². The lowest BCUT2D eigenvalue weighted by molar-refractivity contribution is -0.121. The van der Waals surface area contributed by atoms with Crippen molar-refractivity contribution in [1.82, 2.24) is 20.4 Å². The van der Waals surface area contributed by atoms with Crippen molar-refractivity contribution in [2.45, 2.75) is 32.2 Å². The highest BCUT2D eigenvalue weighted by atomic mass is 16.6. The number of piperidine rings is 1. The molecule has 2 aliphatic heterocycles. The molecule has 0 bridgehead atoms. The first-order chi connectivity index (χ1) is 12.2. The molecule has 25 heavy (non-hydrogen) atoms. The van der Waals surface area contributed by atoms with E-state index < -0.39 is 0 Å². The number of rotatable bonds is 8. The van der Waals surface area contributed by atoms with Crippen LogP contribution in [0.4, 0.5) is 4.79 Å². The van der Waals surface area contributed by atoms with E-state index in [0.717, 1.165) is 52.2 Å².